The first-order chi connectivity index (χ1) is 12.2. The third-order valence-electron chi connectivity index (χ3n) is 3.66. The van der Waals surface area contributed by atoms with Gasteiger partial charge in [-0.2, -0.15) is 18.3 Å². The van der Waals surface area contributed by atoms with E-state index in [-0.39, 0.29) is 18.1 Å². The predicted octanol–water partition coefficient (Wildman–Crippen LogP) is 4.08. The molecule has 0 aliphatic heterocycles. The first kappa shape index (κ1) is 20.1. The fraction of sp³-hybridized carbons (Fsp3) is 0.412. The van der Waals surface area contributed by atoms with Crippen LogP contribution in [-0.2, 0) is 12.7 Å². The van der Waals surface area contributed by atoms with Crippen LogP contribution in [0.15, 0.2) is 24.3 Å². The number of rotatable bonds is 7. The molecule has 26 heavy (non-hydrogen) atoms. The summed E-state index contributed by atoms with van der Waals surface area (Å²) in [5.74, 6) is 0.412. The second-order valence-corrected chi connectivity index (χ2v) is 5.91. The van der Waals surface area contributed by atoms with E-state index in [4.69, 9.17) is 16.3 Å². The molecular weight excluding hydrogens is 371 g/mol. The maximum atomic E-state index is 12.8. The second-order valence-electron chi connectivity index (χ2n) is 5.54. The van der Waals surface area contributed by atoms with Crippen LogP contribution in [0.5, 0.6) is 5.75 Å². The van der Waals surface area contributed by atoms with E-state index in [2.05, 4.69) is 10.4 Å². The summed E-state index contributed by atoms with van der Waals surface area (Å²) >= 11 is 5.69. The average molecular weight is 390 g/mol. The molecule has 0 saturated carbocycles. The van der Waals surface area contributed by atoms with Gasteiger partial charge in [-0.3, -0.25) is 9.48 Å². The molecule has 2 rings (SSSR count). The van der Waals surface area contributed by atoms with Crippen molar-refractivity contribution in [1.82, 2.24) is 15.1 Å². The highest BCUT2D eigenvalue weighted by molar-refractivity contribution is 6.31. The minimum atomic E-state index is -4.59. The van der Waals surface area contributed by atoms with Crippen LogP contribution in [-0.4, -0.2) is 28.8 Å². The van der Waals surface area contributed by atoms with Crippen molar-refractivity contribution in [3.05, 3.63) is 46.2 Å². The van der Waals surface area contributed by atoms with E-state index in [1.54, 1.807) is 24.3 Å². The maximum Gasteiger partial charge on any atom is 0.436 e. The molecule has 1 heterocycles. The Kier molecular flexibility index (Phi) is 6.52. The fourth-order valence-electron chi connectivity index (χ4n) is 2.33. The number of nitrogens with zero attached hydrogens (tertiary/aromatic N) is 2. The summed E-state index contributed by atoms with van der Waals surface area (Å²) in [5.41, 5.74) is -0.363. The lowest BCUT2D eigenvalue weighted by Crippen LogP contribution is -2.25. The SMILES string of the molecule is CCOc1ccc(C(=O)NCCCn2nc(C(F)(F)F)c(Cl)c2C)cc1. The van der Waals surface area contributed by atoms with Gasteiger partial charge >= 0.3 is 6.18 Å². The highest BCUT2D eigenvalue weighted by Crippen LogP contribution is 2.35. The zero-order chi connectivity index (χ0) is 19.3. The number of halogens is 4. The fourth-order valence-corrected chi connectivity index (χ4v) is 2.57. The first-order valence-electron chi connectivity index (χ1n) is 8.05. The molecule has 0 saturated heterocycles. The summed E-state index contributed by atoms with van der Waals surface area (Å²) in [5, 5.41) is 5.84. The first-order valence-corrected chi connectivity index (χ1v) is 8.43. The standard InChI is InChI=1S/C17H19ClF3N3O2/c1-3-26-13-7-5-12(6-8-13)16(25)22-9-4-10-24-11(2)14(18)15(23-24)17(19,20)21/h5-8H,3-4,9-10H2,1-2H3,(H,22,25). The summed E-state index contributed by atoms with van der Waals surface area (Å²) in [6, 6.07) is 6.69. The molecule has 1 aromatic heterocycles. The summed E-state index contributed by atoms with van der Waals surface area (Å²) in [6.45, 7) is 4.39. The summed E-state index contributed by atoms with van der Waals surface area (Å²) in [4.78, 5) is 12.0. The van der Waals surface area contributed by atoms with Gasteiger partial charge in [0.05, 0.1) is 17.3 Å². The van der Waals surface area contributed by atoms with Gasteiger partial charge in [0.15, 0.2) is 5.69 Å². The number of benzene rings is 1. The van der Waals surface area contributed by atoms with Crippen LogP contribution < -0.4 is 10.1 Å². The van der Waals surface area contributed by atoms with Gasteiger partial charge in [-0.25, -0.2) is 0 Å². The number of alkyl halides is 3. The molecule has 0 aliphatic rings. The molecule has 1 amide bonds. The smallest absolute Gasteiger partial charge is 0.436 e. The number of carbonyl (C=O) groups excluding carboxylic acids is 1. The number of ether oxygens (including phenoxy) is 1. The van der Waals surface area contributed by atoms with Gasteiger partial charge in [0.2, 0.25) is 0 Å². The van der Waals surface area contributed by atoms with Crippen LogP contribution in [0, 0.1) is 6.92 Å². The van der Waals surface area contributed by atoms with Gasteiger partial charge in [-0.1, -0.05) is 11.6 Å². The van der Waals surface area contributed by atoms with Crippen LogP contribution in [0.2, 0.25) is 5.02 Å². The lowest BCUT2D eigenvalue weighted by atomic mass is 10.2. The van der Waals surface area contributed by atoms with Crippen LogP contribution >= 0.6 is 11.6 Å². The van der Waals surface area contributed by atoms with Crippen molar-refractivity contribution in [2.24, 2.45) is 0 Å². The van der Waals surface area contributed by atoms with Gasteiger partial charge in [-0.05, 0) is 44.5 Å². The number of amides is 1. The van der Waals surface area contributed by atoms with Crippen LogP contribution in [0.3, 0.4) is 0 Å². The Morgan fingerprint density at radius 3 is 2.50 bits per heavy atom. The third-order valence-corrected chi connectivity index (χ3v) is 4.11. The minimum absolute atomic E-state index is 0.213. The number of aryl methyl sites for hydroxylation is 1. The Morgan fingerprint density at radius 1 is 1.31 bits per heavy atom. The van der Waals surface area contributed by atoms with E-state index in [1.165, 1.54) is 11.6 Å². The van der Waals surface area contributed by atoms with Gasteiger partial charge in [-0.15, -0.1) is 0 Å². The lowest BCUT2D eigenvalue weighted by Gasteiger charge is -2.08. The van der Waals surface area contributed by atoms with Gasteiger partial charge < -0.3 is 10.1 Å². The Morgan fingerprint density at radius 2 is 1.96 bits per heavy atom. The molecule has 9 heteroatoms. The third kappa shape index (κ3) is 4.91. The zero-order valence-electron chi connectivity index (χ0n) is 14.4. The quantitative estimate of drug-likeness (QED) is 0.726. The molecular formula is C17H19ClF3N3O2. The molecule has 1 aromatic carbocycles. The van der Waals surface area contributed by atoms with E-state index < -0.39 is 16.9 Å². The average Bonchev–Trinajstić information content (AvgIpc) is 2.88. The highest BCUT2D eigenvalue weighted by Gasteiger charge is 2.38. The van der Waals surface area contributed by atoms with Crippen molar-refractivity contribution in [1.29, 1.82) is 0 Å². The Hall–Kier alpha value is -2.22. The molecule has 0 radical (unpaired) electrons. The van der Waals surface area contributed by atoms with Gasteiger partial charge in [0.1, 0.15) is 5.75 Å². The molecule has 2 aromatic rings. The predicted molar refractivity (Wildman–Crippen MR) is 91.5 cm³/mol. The lowest BCUT2D eigenvalue weighted by molar-refractivity contribution is -0.141. The summed E-state index contributed by atoms with van der Waals surface area (Å²) in [7, 11) is 0. The highest BCUT2D eigenvalue weighted by atomic mass is 35.5. The van der Waals surface area contributed by atoms with Crippen molar-refractivity contribution in [2.75, 3.05) is 13.2 Å². The Labute approximate surface area is 154 Å². The molecule has 0 unspecified atom stereocenters. The molecule has 5 nitrogen and oxygen atoms in total. The largest absolute Gasteiger partial charge is 0.494 e. The van der Waals surface area contributed by atoms with E-state index in [0.717, 1.165) is 0 Å². The monoisotopic (exact) mass is 389 g/mol. The molecule has 1 N–H and O–H groups in total. The summed E-state index contributed by atoms with van der Waals surface area (Å²) in [6.07, 6.45) is -4.17. The van der Waals surface area contributed by atoms with Crippen molar-refractivity contribution in [2.45, 2.75) is 33.0 Å². The number of hydrogen-bond donors (Lipinski definition) is 1. The Bertz CT molecular complexity index is 758. The zero-order valence-corrected chi connectivity index (χ0v) is 15.1. The molecule has 0 atom stereocenters. The maximum absolute atomic E-state index is 12.8. The normalized spacial score (nSPS) is 11.5. The number of aromatic nitrogens is 2. The van der Waals surface area contributed by atoms with E-state index in [9.17, 15) is 18.0 Å². The molecule has 0 aliphatic carbocycles. The van der Waals surface area contributed by atoms with E-state index in [0.29, 0.717) is 30.9 Å². The van der Waals surface area contributed by atoms with Crippen LogP contribution in [0.1, 0.15) is 35.1 Å². The minimum Gasteiger partial charge on any atom is -0.494 e. The van der Waals surface area contributed by atoms with Crippen molar-refractivity contribution >= 4 is 17.5 Å². The number of hydrogen-bond acceptors (Lipinski definition) is 3. The van der Waals surface area contributed by atoms with Crippen LogP contribution in [0.4, 0.5) is 13.2 Å². The molecule has 0 fully saturated rings. The second kappa shape index (κ2) is 8.44. The topological polar surface area (TPSA) is 56.1 Å². The van der Waals surface area contributed by atoms with Crippen molar-refractivity contribution < 1.29 is 22.7 Å². The van der Waals surface area contributed by atoms with Crippen LogP contribution in [0.25, 0.3) is 0 Å². The van der Waals surface area contributed by atoms with Crippen molar-refractivity contribution in [3.8, 4) is 5.75 Å². The number of carbonyl (C=O) groups is 1. The van der Waals surface area contributed by atoms with Gasteiger partial charge in [0.25, 0.3) is 5.91 Å². The Balaban J connectivity index is 1.86. The number of nitrogens with one attached hydrogen (secondary N) is 1. The van der Waals surface area contributed by atoms with Gasteiger partial charge in [0, 0.05) is 18.7 Å². The van der Waals surface area contributed by atoms with Crippen molar-refractivity contribution in [3.63, 3.8) is 0 Å². The molecule has 142 valence electrons. The molecule has 0 spiro atoms. The molecule has 0 bridgehead atoms. The van der Waals surface area contributed by atoms with E-state index >= 15 is 0 Å². The summed E-state index contributed by atoms with van der Waals surface area (Å²) < 4.78 is 44.8. The van der Waals surface area contributed by atoms with E-state index in [1.807, 2.05) is 6.92 Å².